The molecule has 6 nitrogen and oxygen atoms in total. The van der Waals surface area contributed by atoms with Gasteiger partial charge in [-0.2, -0.15) is 0 Å². The SMILES string of the molecule is CCc1c(C(=O)N(C)C(C)CS(=O)(=O)CC)[nH]c(C)c1C(C)=O. The lowest BCUT2D eigenvalue weighted by atomic mass is 10.0. The number of hydrogen-bond donors (Lipinski definition) is 1. The zero-order valence-electron chi connectivity index (χ0n) is 14.7. The highest BCUT2D eigenvalue weighted by Crippen LogP contribution is 2.22. The molecule has 0 aliphatic heterocycles. The fourth-order valence-electron chi connectivity index (χ4n) is 2.66. The van der Waals surface area contributed by atoms with Gasteiger partial charge >= 0.3 is 0 Å². The van der Waals surface area contributed by atoms with Crippen LogP contribution in [0.25, 0.3) is 0 Å². The van der Waals surface area contributed by atoms with E-state index in [2.05, 4.69) is 4.98 Å². The molecule has 0 saturated carbocycles. The average Bonchev–Trinajstić information content (AvgIpc) is 2.81. The third kappa shape index (κ3) is 4.22. The Morgan fingerprint density at radius 2 is 1.83 bits per heavy atom. The number of sulfone groups is 1. The molecule has 1 atom stereocenters. The zero-order chi connectivity index (χ0) is 17.9. The van der Waals surface area contributed by atoms with Gasteiger partial charge in [-0.05, 0) is 32.8 Å². The van der Waals surface area contributed by atoms with Crippen molar-refractivity contribution in [2.24, 2.45) is 0 Å². The van der Waals surface area contributed by atoms with Crippen LogP contribution < -0.4 is 0 Å². The van der Waals surface area contributed by atoms with Crippen LogP contribution in [0.3, 0.4) is 0 Å². The third-order valence-corrected chi connectivity index (χ3v) is 6.00. The molecule has 0 spiro atoms. The van der Waals surface area contributed by atoms with Gasteiger partial charge in [0.25, 0.3) is 5.91 Å². The van der Waals surface area contributed by atoms with E-state index in [1.54, 1.807) is 27.8 Å². The van der Waals surface area contributed by atoms with Crippen LogP contribution in [0.1, 0.15) is 59.8 Å². The molecule has 0 aliphatic carbocycles. The second-order valence-electron chi connectivity index (χ2n) is 5.85. The molecule has 1 amide bonds. The van der Waals surface area contributed by atoms with Crippen LogP contribution in [0.5, 0.6) is 0 Å². The first-order chi connectivity index (χ1) is 10.6. The van der Waals surface area contributed by atoms with Crippen molar-refractivity contribution in [1.82, 2.24) is 9.88 Å². The van der Waals surface area contributed by atoms with Crippen molar-refractivity contribution in [2.45, 2.75) is 47.1 Å². The Hall–Kier alpha value is -1.63. The summed E-state index contributed by atoms with van der Waals surface area (Å²) in [6, 6.07) is -0.443. The molecule has 0 aromatic carbocycles. The summed E-state index contributed by atoms with van der Waals surface area (Å²) in [6.45, 7) is 8.42. The second-order valence-corrected chi connectivity index (χ2v) is 8.25. The van der Waals surface area contributed by atoms with Crippen LogP contribution in [-0.2, 0) is 16.3 Å². The Labute approximate surface area is 138 Å². The van der Waals surface area contributed by atoms with E-state index in [4.69, 9.17) is 0 Å². The minimum absolute atomic E-state index is 0.0513. The molecule has 0 saturated heterocycles. The number of hydrogen-bond acceptors (Lipinski definition) is 4. The molecule has 0 fully saturated rings. The van der Waals surface area contributed by atoms with Gasteiger partial charge < -0.3 is 9.88 Å². The number of rotatable bonds is 7. The molecule has 1 aromatic heterocycles. The molecule has 1 N–H and O–H groups in total. The Bertz CT molecular complexity index is 704. The van der Waals surface area contributed by atoms with Crippen molar-refractivity contribution < 1.29 is 18.0 Å². The molecule has 7 heteroatoms. The Balaban J connectivity index is 3.15. The summed E-state index contributed by atoms with van der Waals surface area (Å²) in [5.41, 5.74) is 2.29. The highest BCUT2D eigenvalue weighted by atomic mass is 32.2. The number of Topliss-reactive ketones (excluding diaryl/α,β-unsaturated/α-hetero) is 1. The smallest absolute Gasteiger partial charge is 0.270 e. The van der Waals surface area contributed by atoms with Crippen molar-refractivity contribution in [3.63, 3.8) is 0 Å². The number of nitrogens with zero attached hydrogens (tertiary/aromatic N) is 1. The normalized spacial score (nSPS) is 13.0. The molecule has 1 aromatic rings. The van der Waals surface area contributed by atoms with Crippen LogP contribution in [0.4, 0.5) is 0 Å². The molecular weight excluding hydrogens is 316 g/mol. The zero-order valence-corrected chi connectivity index (χ0v) is 15.5. The van der Waals surface area contributed by atoms with E-state index in [0.717, 1.165) is 0 Å². The van der Waals surface area contributed by atoms with Crippen molar-refractivity contribution in [1.29, 1.82) is 0 Å². The molecule has 0 radical (unpaired) electrons. The summed E-state index contributed by atoms with van der Waals surface area (Å²) in [6.07, 6.45) is 0.551. The van der Waals surface area contributed by atoms with Crippen LogP contribution in [0, 0.1) is 6.92 Å². The lowest BCUT2D eigenvalue weighted by Gasteiger charge is -2.24. The second kappa shape index (κ2) is 7.29. The summed E-state index contributed by atoms with van der Waals surface area (Å²) in [5, 5.41) is 0. The van der Waals surface area contributed by atoms with Gasteiger partial charge in [-0.15, -0.1) is 0 Å². The lowest BCUT2D eigenvalue weighted by molar-refractivity contribution is 0.0750. The number of ketones is 1. The molecule has 1 unspecified atom stereocenters. The molecule has 130 valence electrons. The van der Waals surface area contributed by atoms with E-state index < -0.39 is 15.9 Å². The first kappa shape index (κ1) is 19.4. The highest BCUT2D eigenvalue weighted by molar-refractivity contribution is 7.91. The van der Waals surface area contributed by atoms with Crippen LogP contribution >= 0.6 is 0 Å². The lowest BCUT2D eigenvalue weighted by Crippen LogP contribution is -2.40. The number of aryl methyl sites for hydroxylation is 1. The number of nitrogens with one attached hydrogen (secondary N) is 1. The first-order valence-corrected chi connectivity index (χ1v) is 9.57. The van der Waals surface area contributed by atoms with Gasteiger partial charge in [0.05, 0.1) is 5.75 Å². The molecule has 1 rings (SSSR count). The minimum atomic E-state index is -3.17. The minimum Gasteiger partial charge on any atom is -0.354 e. The van der Waals surface area contributed by atoms with E-state index in [9.17, 15) is 18.0 Å². The number of aromatic nitrogens is 1. The maximum absolute atomic E-state index is 12.7. The quantitative estimate of drug-likeness (QED) is 0.768. The number of H-pyrrole nitrogens is 1. The van der Waals surface area contributed by atoms with E-state index in [1.807, 2.05) is 6.92 Å². The van der Waals surface area contributed by atoms with Gasteiger partial charge in [-0.3, -0.25) is 9.59 Å². The summed E-state index contributed by atoms with van der Waals surface area (Å²) in [4.78, 5) is 28.9. The summed E-state index contributed by atoms with van der Waals surface area (Å²) < 4.78 is 23.5. The van der Waals surface area contributed by atoms with Gasteiger partial charge in [0.15, 0.2) is 15.6 Å². The van der Waals surface area contributed by atoms with E-state index in [1.165, 1.54) is 11.8 Å². The van der Waals surface area contributed by atoms with Crippen molar-refractivity contribution in [3.8, 4) is 0 Å². The van der Waals surface area contributed by atoms with Crippen molar-refractivity contribution in [2.75, 3.05) is 18.6 Å². The first-order valence-electron chi connectivity index (χ1n) is 7.75. The highest BCUT2D eigenvalue weighted by Gasteiger charge is 2.27. The Kier molecular flexibility index (Phi) is 6.16. The van der Waals surface area contributed by atoms with Gasteiger partial charge in [-0.1, -0.05) is 13.8 Å². The third-order valence-electron chi connectivity index (χ3n) is 4.13. The van der Waals surface area contributed by atoms with Gasteiger partial charge in [-0.25, -0.2) is 8.42 Å². The van der Waals surface area contributed by atoms with Gasteiger partial charge in [0, 0.05) is 30.1 Å². The molecule has 0 aliphatic rings. The van der Waals surface area contributed by atoms with Crippen LogP contribution in [0.15, 0.2) is 0 Å². The fourth-order valence-corrected chi connectivity index (χ4v) is 3.86. The summed E-state index contributed by atoms with van der Waals surface area (Å²) >= 11 is 0. The predicted molar refractivity (Wildman–Crippen MR) is 90.8 cm³/mol. The fraction of sp³-hybridized carbons (Fsp3) is 0.625. The number of amides is 1. The number of carbonyl (C=O) groups excluding carboxylic acids is 2. The molecule has 0 bridgehead atoms. The monoisotopic (exact) mass is 342 g/mol. The van der Waals surface area contributed by atoms with Crippen molar-refractivity contribution >= 4 is 21.5 Å². The maximum atomic E-state index is 12.7. The van der Waals surface area contributed by atoms with Gasteiger partial charge in [0.1, 0.15) is 5.69 Å². The van der Waals surface area contributed by atoms with E-state index >= 15 is 0 Å². The Morgan fingerprint density at radius 3 is 2.26 bits per heavy atom. The van der Waals surface area contributed by atoms with Crippen LogP contribution in [-0.4, -0.2) is 54.6 Å². The van der Waals surface area contributed by atoms with Gasteiger partial charge in [0.2, 0.25) is 0 Å². The molecular formula is C16H26N2O4S. The maximum Gasteiger partial charge on any atom is 0.270 e. The van der Waals surface area contributed by atoms with Crippen molar-refractivity contribution in [3.05, 3.63) is 22.5 Å². The topological polar surface area (TPSA) is 87.3 Å². The average molecular weight is 342 g/mol. The largest absolute Gasteiger partial charge is 0.354 e. The number of carbonyl (C=O) groups is 2. The standard InChI is InChI=1S/C16H26N2O4S/c1-7-13-14(12(5)19)11(4)17-15(13)16(20)18(6)10(3)9-23(21,22)8-2/h10,17H,7-9H2,1-6H3. The van der Waals surface area contributed by atoms with E-state index in [0.29, 0.717) is 28.9 Å². The van der Waals surface area contributed by atoms with E-state index in [-0.39, 0.29) is 23.2 Å². The van der Waals surface area contributed by atoms with Crippen LogP contribution in [0.2, 0.25) is 0 Å². The summed E-state index contributed by atoms with van der Waals surface area (Å²) in [5.74, 6) is -0.405. The number of aromatic amines is 1. The Morgan fingerprint density at radius 1 is 1.26 bits per heavy atom. The molecule has 1 heterocycles. The predicted octanol–water partition coefficient (Wildman–Crippen LogP) is 1.98. The summed E-state index contributed by atoms with van der Waals surface area (Å²) in [7, 11) is -1.59. The molecule has 23 heavy (non-hydrogen) atoms.